The molecule has 0 spiro atoms. The summed E-state index contributed by atoms with van der Waals surface area (Å²) < 4.78 is 5.74. The van der Waals surface area contributed by atoms with Gasteiger partial charge in [-0.3, -0.25) is 4.90 Å². The van der Waals surface area contributed by atoms with E-state index in [1.807, 2.05) is 11.8 Å². The van der Waals surface area contributed by atoms with Crippen molar-refractivity contribution in [1.82, 2.24) is 4.90 Å². The van der Waals surface area contributed by atoms with Gasteiger partial charge >= 0.3 is 0 Å². The van der Waals surface area contributed by atoms with Gasteiger partial charge in [0.05, 0.1) is 0 Å². The van der Waals surface area contributed by atoms with Crippen LogP contribution in [0, 0.1) is 6.92 Å². The summed E-state index contributed by atoms with van der Waals surface area (Å²) in [6, 6.07) is 15.8. The van der Waals surface area contributed by atoms with Gasteiger partial charge in [-0.2, -0.15) is 0 Å². The average molecular weight is 343 g/mol. The SMILES string of the molecule is Cc1ccc(SC2CCN(CCOc3ccc(O)cc3)CC2)cc1. The average Bonchev–Trinajstić information content (AvgIpc) is 2.60. The fourth-order valence-corrected chi connectivity index (χ4v) is 4.02. The van der Waals surface area contributed by atoms with Crippen LogP contribution < -0.4 is 4.74 Å². The van der Waals surface area contributed by atoms with Crippen LogP contribution in [-0.2, 0) is 0 Å². The largest absolute Gasteiger partial charge is 0.508 e. The van der Waals surface area contributed by atoms with Crippen molar-refractivity contribution in [1.29, 1.82) is 0 Å². The van der Waals surface area contributed by atoms with Crippen LogP contribution in [0.5, 0.6) is 11.5 Å². The lowest BCUT2D eigenvalue weighted by molar-refractivity contribution is 0.185. The lowest BCUT2D eigenvalue weighted by Crippen LogP contribution is -2.37. The Balaban J connectivity index is 1.36. The van der Waals surface area contributed by atoms with Gasteiger partial charge < -0.3 is 9.84 Å². The van der Waals surface area contributed by atoms with Gasteiger partial charge in [-0.15, -0.1) is 11.8 Å². The highest BCUT2D eigenvalue weighted by molar-refractivity contribution is 8.00. The van der Waals surface area contributed by atoms with Crippen molar-refractivity contribution in [3.05, 3.63) is 54.1 Å². The Morgan fingerprint density at radius 2 is 1.71 bits per heavy atom. The van der Waals surface area contributed by atoms with Gasteiger partial charge in [-0.05, 0) is 69.3 Å². The van der Waals surface area contributed by atoms with Crippen molar-refractivity contribution in [2.24, 2.45) is 0 Å². The summed E-state index contributed by atoms with van der Waals surface area (Å²) in [7, 11) is 0. The van der Waals surface area contributed by atoms with Crippen molar-refractivity contribution < 1.29 is 9.84 Å². The second-order valence-electron chi connectivity index (χ2n) is 6.31. The smallest absolute Gasteiger partial charge is 0.119 e. The highest BCUT2D eigenvalue weighted by Crippen LogP contribution is 2.30. The van der Waals surface area contributed by atoms with Crippen LogP contribution in [-0.4, -0.2) is 41.5 Å². The minimum atomic E-state index is 0.274. The first-order chi connectivity index (χ1) is 11.7. The lowest BCUT2D eigenvalue weighted by Gasteiger charge is -2.31. The fourth-order valence-electron chi connectivity index (χ4n) is 2.89. The first-order valence-electron chi connectivity index (χ1n) is 8.56. The Morgan fingerprint density at radius 1 is 1.04 bits per heavy atom. The minimum absolute atomic E-state index is 0.274. The highest BCUT2D eigenvalue weighted by atomic mass is 32.2. The number of phenols is 1. The standard InChI is InChI=1S/C20H25NO2S/c1-16-2-8-19(9-3-16)24-20-10-12-21(13-11-20)14-15-23-18-6-4-17(22)5-7-18/h2-9,20,22H,10-15H2,1H3. The molecule has 0 aliphatic carbocycles. The molecule has 1 saturated heterocycles. The third-order valence-corrected chi connectivity index (χ3v) is 5.72. The molecule has 4 heteroatoms. The van der Waals surface area contributed by atoms with E-state index in [4.69, 9.17) is 4.74 Å². The molecule has 0 amide bonds. The zero-order chi connectivity index (χ0) is 16.8. The molecule has 1 aliphatic rings. The predicted molar refractivity (Wildman–Crippen MR) is 100 cm³/mol. The summed E-state index contributed by atoms with van der Waals surface area (Å²) in [4.78, 5) is 3.86. The Kier molecular flexibility index (Phi) is 6.05. The molecule has 0 bridgehead atoms. The molecule has 0 atom stereocenters. The van der Waals surface area contributed by atoms with Crippen LogP contribution in [0.25, 0.3) is 0 Å². The number of likely N-dealkylation sites (tertiary alicyclic amines) is 1. The number of rotatable bonds is 6. The summed E-state index contributed by atoms with van der Waals surface area (Å²) in [5, 5.41) is 9.99. The first-order valence-corrected chi connectivity index (χ1v) is 9.44. The predicted octanol–water partition coefficient (Wildman–Crippen LogP) is 4.34. The fraction of sp³-hybridized carbons (Fsp3) is 0.400. The van der Waals surface area contributed by atoms with E-state index in [2.05, 4.69) is 36.1 Å². The molecular formula is C20H25NO2S. The van der Waals surface area contributed by atoms with E-state index in [-0.39, 0.29) is 5.75 Å². The van der Waals surface area contributed by atoms with E-state index in [1.54, 1.807) is 24.3 Å². The zero-order valence-corrected chi connectivity index (χ0v) is 15.0. The van der Waals surface area contributed by atoms with Crippen LogP contribution in [0.4, 0.5) is 0 Å². The normalized spacial score (nSPS) is 16.2. The van der Waals surface area contributed by atoms with Crippen molar-refractivity contribution >= 4 is 11.8 Å². The summed E-state index contributed by atoms with van der Waals surface area (Å²) in [5.41, 5.74) is 1.32. The minimum Gasteiger partial charge on any atom is -0.508 e. The molecule has 24 heavy (non-hydrogen) atoms. The zero-order valence-electron chi connectivity index (χ0n) is 14.1. The van der Waals surface area contributed by atoms with Crippen molar-refractivity contribution in [3.8, 4) is 11.5 Å². The third-order valence-electron chi connectivity index (χ3n) is 4.37. The number of aromatic hydroxyl groups is 1. The molecule has 1 aliphatic heterocycles. The van der Waals surface area contributed by atoms with Gasteiger partial charge in [0.25, 0.3) is 0 Å². The molecule has 2 aromatic carbocycles. The molecule has 0 radical (unpaired) electrons. The summed E-state index contributed by atoms with van der Waals surface area (Å²) >= 11 is 2.02. The third kappa shape index (κ3) is 5.18. The quantitative estimate of drug-likeness (QED) is 0.846. The molecular weight excluding hydrogens is 318 g/mol. The number of piperidine rings is 1. The molecule has 0 saturated carbocycles. The molecule has 1 heterocycles. The summed E-state index contributed by atoms with van der Waals surface area (Å²) in [6.07, 6.45) is 2.47. The maximum absolute atomic E-state index is 9.26. The molecule has 2 aromatic rings. The van der Waals surface area contributed by atoms with Gasteiger partial charge in [0.15, 0.2) is 0 Å². The van der Waals surface area contributed by atoms with Crippen molar-refractivity contribution in [2.75, 3.05) is 26.2 Å². The van der Waals surface area contributed by atoms with Gasteiger partial charge in [-0.1, -0.05) is 17.7 Å². The van der Waals surface area contributed by atoms with Gasteiger partial charge in [0.1, 0.15) is 18.1 Å². The van der Waals surface area contributed by atoms with Crippen LogP contribution in [0.15, 0.2) is 53.4 Å². The van der Waals surface area contributed by atoms with Crippen molar-refractivity contribution in [2.45, 2.75) is 29.9 Å². The number of aryl methyl sites for hydroxylation is 1. The molecule has 3 rings (SSSR count). The van der Waals surface area contributed by atoms with Gasteiger partial charge in [-0.25, -0.2) is 0 Å². The van der Waals surface area contributed by atoms with E-state index < -0.39 is 0 Å². The van der Waals surface area contributed by atoms with Gasteiger partial charge in [0, 0.05) is 16.7 Å². The van der Waals surface area contributed by atoms with E-state index in [9.17, 15) is 5.11 Å². The maximum Gasteiger partial charge on any atom is 0.119 e. The number of ether oxygens (including phenoxy) is 1. The first kappa shape index (κ1) is 17.2. The van der Waals surface area contributed by atoms with Crippen LogP contribution >= 0.6 is 11.8 Å². The molecule has 3 nitrogen and oxygen atoms in total. The number of hydrogen-bond donors (Lipinski definition) is 1. The highest BCUT2D eigenvalue weighted by Gasteiger charge is 2.19. The van der Waals surface area contributed by atoms with E-state index in [0.29, 0.717) is 6.61 Å². The Bertz CT molecular complexity index is 619. The number of nitrogens with zero attached hydrogens (tertiary/aromatic N) is 1. The second kappa shape index (κ2) is 8.45. The molecule has 0 aromatic heterocycles. The monoisotopic (exact) mass is 343 g/mol. The number of hydrogen-bond acceptors (Lipinski definition) is 4. The van der Waals surface area contributed by atoms with Crippen LogP contribution in [0.2, 0.25) is 0 Å². The summed E-state index contributed by atoms with van der Waals surface area (Å²) in [5.74, 6) is 1.09. The Hall–Kier alpha value is -1.65. The van der Waals surface area contributed by atoms with E-state index in [0.717, 1.165) is 30.6 Å². The maximum atomic E-state index is 9.26. The molecule has 1 fully saturated rings. The Morgan fingerprint density at radius 3 is 2.38 bits per heavy atom. The second-order valence-corrected chi connectivity index (χ2v) is 7.69. The summed E-state index contributed by atoms with van der Waals surface area (Å²) in [6.45, 7) is 6.07. The lowest BCUT2D eigenvalue weighted by atomic mass is 10.1. The topological polar surface area (TPSA) is 32.7 Å². The van der Waals surface area contributed by atoms with Gasteiger partial charge in [0.2, 0.25) is 0 Å². The van der Waals surface area contributed by atoms with Crippen LogP contribution in [0.1, 0.15) is 18.4 Å². The number of phenolic OH excluding ortho intramolecular Hbond substituents is 1. The van der Waals surface area contributed by atoms with Crippen molar-refractivity contribution in [3.63, 3.8) is 0 Å². The van der Waals surface area contributed by atoms with E-state index in [1.165, 1.54) is 23.3 Å². The molecule has 0 unspecified atom stereocenters. The Labute approximate surface area is 148 Å². The van der Waals surface area contributed by atoms with Crippen LogP contribution in [0.3, 0.4) is 0 Å². The molecule has 128 valence electrons. The molecule has 1 N–H and O–H groups in total. The number of benzene rings is 2. The van der Waals surface area contributed by atoms with E-state index >= 15 is 0 Å². The number of thioether (sulfide) groups is 1.